The van der Waals surface area contributed by atoms with Crippen LogP contribution in [-0.4, -0.2) is 251 Å². The van der Waals surface area contributed by atoms with Crippen molar-refractivity contribution in [1.82, 2.24) is 85.5 Å². The number of rotatable bonds is 15. The Morgan fingerprint density at radius 2 is 0.843 bits per heavy atom. The molecule has 0 radical (unpaired) electrons. The van der Waals surface area contributed by atoms with Crippen LogP contribution in [-0.2, 0) is 36.7 Å². The number of ether oxygens (including phenoxy) is 6. The van der Waals surface area contributed by atoms with Crippen molar-refractivity contribution in [2.75, 3.05) is 78.3 Å². The van der Waals surface area contributed by atoms with Crippen LogP contribution < -0.4 is 24.7 Å². The zero-order chi connectivity index (χ0) is 88.0. The van der Waals surface area contributed by atoms with E-state index in [9.17, 15) is 69.9 Å². The summed E-state index contributed by atoms with van der Waals surface area (Å²) in [6.45, 7) is 14.8. The van der Waals surface area contributed by atoms with Gasteiger partial charge in [-0.05, 0) is 143 Å². The Bertz CT molecular complexity index is 4850. The lowest BCUT2D eigenvalue weighted by atomic mass is 10.1. The second-order valence-electron chi connectivity index (χ2n) is 28.9. The Morgan fingerprint density at radius 1 is 0.488 bits per heavy atom. The van der Waals surface area contributed by atoms with Crippen LogP contribution in [0.5, 0.6) is 23.5 Å². The van der Waals surface area contributed by atoms with Crippen LogP contribution in [0.4, 0.5) is 51.7 Å². The van der Waals surface area contributed by atoms with Crippen molar-refractivity contribution in [3.05, 3.63) is 202 Å². The predicted molar refractivity (Wildman–Crippen MR) is 422 cm³/mol. The van der Waals surface area contributed by atoms with E-state index >= 15 is 0 Å². The molecule has 5 unspecified atom stereocenters. The number of nitrogens with two attached hydrogens (primary N) is 1. The molecule has 5 aliphatic heterocycles. The molecule has 5 saturated heterocycles. The number of carbonyl (C=O) groups is 5. The molecule has 4 N–H and O–H groups in total. The summed E-state index contributed by atoms with van der Waals surface area (Å²) in [6.07, 6.45) is 3.58. The van der Waals surface area contributed by atoms with Gasteiger partial charge in [-0.2, -0.15) is 38.7 Å². The van der Waals surface area contributed by atoms with Crippen molar-refractivity contribution in [2.45, 2.75) is 134 Å². The molecule has 5 atom stereocenters. The van der Waals surface area contributed by atoms with Gasteiger partial charge in [-0.25, -0.2) is 32.1 Å². The number of nitro groups is 1. The summed E-state index contributed by atoms with van der Waals surface area (Å²) in [6, 6.07) is 28.9. The van der Waals surface area contributed by atoms with Crippen molar-refractivity contribution in [2.24, 2.45) is 0 Å². The highest BCUT2D eigenvalue weighted by molar-refractivity contribution is 9.10. The lowest BCUT2D eigenvalue weighted by molar-refractivity contribution is -0.385. The van der Waals surface area contributed by atoms with Gasteiger partial charge < -0.3 is 68.9 Å². The Morgan fingerprint density at radius 3 is 1.19 bits per heavy atom. The van der Waals surface area contributed by atoms with E-state index < -0.39 is 57.6 Å². The molecule has 0 bridgehead atoms. The molecule has 34 nitrogen and oxygen atoms in total. The normalized spacial score (nSPS) is 17.1. The average molecular weight is 1760 g/mol. The third-order valence-corrected chi connectivity index (χ3v) is 17.8. The number of halogens is 8. The fourth-order valence-electron chi connectivity index (χ4n) is 11.9. The van der Waals surface area contributed by atoms with Crippen LogP contribution >= 0.6 is 15.9 Å². The number of β-amino-alcohol motifs (C(OH)–C–C–N with tert-alkyl or cyclic N) is 1. The summed E-state index contributed by atoms with van der Waals surface area (Å²) in [5, 5.41) is 64.9. The molecule has 5 aliphatic rings. The van der Waals surface area contributed by atoms with Gasteiger partial charge in [0.2, 0.25) is 35.3 Å². The molecule has 5 amide bonds. The molecule has 121 heavy (non-hydrogen) atoms. The number of hydrogen-bond donors (Lipinski definition) is 3. The van der Waals surface area contributed by atoms with E-state index in [0.717, 1.165) is 47.3 Å². The number of nitrogen functional groups attached to an aromatic ring is 1. The van der Waals surface area contributed by atoms with E-state index in [1.54, 1.807) is 89.1 Å². The minimum Gasteiger partial charge on any atom is -0.471 e. The maximum atomic E-state index is 14.1. The monoisotopic (exact) mass is 1760 g/mol. The Balaban J connectivity index is 0.000000189. The van der Waals surface area contributed by atoms with Gasteiger partial charge in [0, 0.05) is 157 Å². The van der Waals surface area contributed by atoms with Crippen LogP contribution in [0.3, 0.4) is 0 Å². The van der Waals surface area contributed by atoms with Crippen LogP contribution in [0, 0.1) is 33.4 Å². The van der Waals surface area contributed by atoms with Gasteiger partial charge in [0.25, 0.3) is 5.69 Å². The molecule has 12 heterocycles. The summed E-state index contributed by atoms with van der Waals surface area (Å²) in [7, 11) is 1.00. The maximum absolute atomic E-state index is 14.1. The Hall–Kier alpha value is -12.6. The van der Waals surface area contributed by atoms with Gasteiger partial charge in [-0.1, -0.05) is 0 Å². The molecule has 2 aromatic carbocycles. The summed E-state index contributed by atoms with van der Waals surface area (Å²) in [5.41, 5.74) is 5.77. The first-order valence-corrected chi connectivity index (χ1v) is 38.4. The van der Waals surface area contributed by atoms with Crippen LogP contribution in [0.25, 0.3) is 22.5 Å². The number of anilines is 1. The van der Waals surface area contributed by atoms with Gasteiger partial charge in [0.05, 0.1) is 72.8 Å². The van der Waals surface area contributed by atoms with E-state index in [0.29, 0.717) is 107 Å². The highest BCUT2D eigenvalue weighted by atomic mass is 79.9. The number of aliphatic hydroxyl groups is 2. The number of alkyl halides is 3. The van der Waals surface area contributed by atoms with Gasteiger partial charge in [-0.15, -0.1) is 25.5 Å². The molecule has 5 fully saturated rings. The smallest absolute Gasteiger partial charge is 0.471 e. The van der Waals surface area contributed by atoms with E-state index in [2.05, 4.69) is 76.9 Å². The molecular weight excluding hydrogens is 1670 g/mol. The van der Waals surface area contributed by atoms with Crippen molar-refractivity contribution >= 4 is 57.2 Å². The summed E-state index contributed by atoms with van der Waals surface area (Å²) >= 11 is 3.14. The molecule has 0 aliphatic carbocycles. The van der Waals surface area contributed by atoms with E-state index in [1.807, 2.05) is 53.7 Å². The van der Waals surface area contributed by atoms with Crippen molar-refractivity contribution in [3.63, 3.8) is 0 Å². The molecule has 42 heteroatoms. The van der Waals surface area contributed by atoms with Crippen molar-refractivity contribution in [1.29, 1.82) is 0 Å². The average Bonchev–Trinajstić information content (AvgIpc) is 1.51. The van der Waals surface area contributed by atoms with Crippen LogP contribution in [0.15, 0.2) is 157 Å². The van der Waals surface area contributed by atoms with E-state index in [4.69, 9.17) is 39.3 Å². The van der Waals surface area contributed by atoms with E-state index in [-0.39, 0.29) is 121 Å². The number of carbonyl (C=O) groups excluding carboxylic acids is 5. The van der Waals surface area contributed by atoms with Gasteiger partial charge in [-0.3, -0.25) is 29.5 Å². The first-order chi connectivity index (χ1) is 57.6. The number of nitrogens with zero attached hydrogens (tertiary/aromatic N) is 18. The first kappa shape index (κ1) is 93.9. The molecule has 0 spiro atoms. The van der Waals surface area contributed by atoms with Gasteiger partial charge in [0.1, 0.15) is 69.2 Å². The molecule has 646 valence electrons. The minimum absolute atomic E-state index is 0.0198. The summed E-state index contributed by atoms with van der Waals surface area (Å²) < 4.78 is 125. The summed E-state index contributed by atoms with van der Waals surface area (Å²) in [4.78, 5) is 86.2. The third-order valence-electron chi connectivity index (χ3n) is 17.4. The van der Waals surface area contributed by atoms with E-state index in [1.165, 1.54) is 40.4 Å². The zero-order valence-corrected chi connectivity index (χ0v) is 68.3. The molecule has 0 saturated carbocycles. The zero-order valence-electron chi connectivity index (χ0n) is 66.7. The number of aromatic nitrogens is 12. The summed E-state index contributed by atoms with van der Waals surface area (Å²) in [5.74, 6) is -3.88. The Labute approximate surface area is 698 Å². The first-order valence-electron chi connectivity index (χ1n) is 37.6. The quantitative estimate of drug-likeness (QED) is 0.0487. The van der Waals surface area contributed by atoms with Gasteiger partial charge in [0.15, 0.2) is 0 Å². The van der Waals surface area contributed by atoms with Crippen molar-refractivity contribution < 1.29 is 98.3 Å². The number of benzene rings is 2. The van der Waals surface area contributed by atoms with Gasteiger partial charge >= 0.3 is 24.3 Å². The molecule has 14 rings (SSSR count). The maximum Gasteiger partial charge on any atom is 0.471 e. The molecular formula is C79H89BrF7N19O15. The lowest BCUT2D eigenvalue weighted by Crippen LogP contribution is -2.40. The second kappa shape index (κ2) is 45.0. The standard InChI is InChI=1S/C21H17F2N5O4.C21H19F2N5O2.C13H19N3O3.C10H10F3N3O2.C9H17NO3.C4H3BrN2.CH4O/c22-13-3-4-15(16(23)10-13)17-5-6-19(28(30)31)18(25-17)11-21(29)27-9-7-14(12-27)32-20-2-1-8-24-26-20;22-13-3-4-15(16(23)10-13)18-6-5-17(24)19(26-18)11-21(29)28-9-7-14(12-28)30-20-2-1-8-25-27-20;1-13(2,3)19-12(17)16-8-6-10(9-16)18-11-5-4-7-14-15-11;11-10(12,13)9(17)16-5-3-7(6-16)18-8-2-1-4-14-15-8;1-9(2,3)13-8(12)10-5-4-7(11)6-10;5-4-2-1-3-6-7-4;1-2/h1-6,8,10,14H,7,9,11-12H2;1-6,8,10,14H,7,9,11-12,24H2;4-5,7,10H,6,8-9H2,1-3H3;1-2,4,7H,3,5-6H2;7,11H,4-6H2,1-3H3;1-3H;2H,1H3. The van der Waals surface area contributed by atoms with Crippen molar-refractivity contribution in [3.8, 4) is 46.0 Å². The molecule has 7 aromatic heterocycles. The highest BCUT2D eigenvalue weighted by Gasteiger charge is 2.45. The SMILES string of the molecule is Brc1cccnn1.CC(C)(C)OC(=O)N1CCC(O)C1.CC(C)(C)OC(=O)N1CCC(Oc2cccnn2)C1.CO.Nc1ccc(-c2ccc(F)cc2F)nc1CC(=O)N1CCC(Oc2cccnn2)C1.O=C(Cc1nc(-c2ccc(F)cc2F)ccc1[N+](=O)[O-])N1CCC(Oc2cccnn2)C1.O=C(N1CCC(Oc2cccnn2)C1)C(F)(F)F. The molecule has 9 aromatic rings. The number of aliphatic hydroxyl groups excluding tert-OH is 2. The lowest BCUT2D eigenvalue weighted by Gasteiger charge is -2.24. The van der Waals surface area contributed by atoms with Crippen LogP contribution in [0.2, 0.25) is 0 Å². The number of likely N-dealkylation sites (tertiary alicyclic amines) is 5. The fourth-order valence-corrected chi connectivity index (χ4v) is 12.1. The Kier molecular flexibility index (Phi) is 34.9. The second-order valence-corrected chi connectivity index (χ2v) is 29.7. The number of pyridine rings is 2. The predicted octanol–water partition coefficient (Wildman–Crippen LogP) is 10.3. The fraction of sp³-hybridized carbons (Fsp3) is 0.405. The topological polar surface area (TPSA) is 421 Å². The number of hydrogen-bond acceptors (Lipinski definition) is 28. The minimum atomic E-state index is -4.83. The van der Waals surface area contributed by atoms with Crippen LogP contribution in [0.1, 0.15) is 85.0 Å². The third kappa shape index (κ3) is 30.9. The largest absolute Gasteiger partial charge is 0.471 e. The highest BCUT2D eigenvalue weighted by Crippen LogP contribution is 2.31. The number of amides is 5.